The number of hydrogen-bond donors (Lipinski definition) is 2. The lowest BCUT2D eigenvalue weighted by Crippen LogP contribution is -2.33. The third-order valence-corrected chi connectivity index (χ3v) is 4.15. The second kappa shape index (κ2) is 5.13. The van der Waals surface area contributed by atoms with Gasteiger partial charge in [-0.2, -0.15) is 0 Å². The second-order valence-electron chi connectivity index (χ2n) is 3.73. The van der Waals surface area contributed by atoms with Gasteiger partial charge in [-0.1, -0.05) is 11.6 Å². The molecule has 1 aromatic carbocycles. The van der Waals surface area contributed by atoms with Gasteiger partial charge in [0.25, 0.3) is 5.69 Å². The lowest BCUT2D eigenvalue weighted by molar-refractivity contribution is -0.384. The number of benzene rings is 1. The summed E-state index contributed by atoms with van der Waals surface area (Å²) in [6.45, 7) is 0. The van der Waals surface area contributed by atoms with Crippen molar-refractivity contribution in [1.82, 2.24) is 5.32 Å². The molecule has 0 bridgehead atoms. The van der Waals surface area contributed by atoms with E-state index in [1.807, 2.05) is 0 Å². The Hall–Kier alpha value is -1.31. The van der Waals surface area contributed by atoms with Gasteiger partial charge in [-0.15, -0.1) is 11.8 Å². The van der Waals surface area contributed by atoms with E-state index in [9.17, 15) is 14.9 Å². The molecule has 1 saturated heterocycles. The number of nitrogens with zero attached hydrogens (tertiary/aromatic N) is 1. The van der Waals surface area contributed by atoms with E-state index >= 15 is 0 Å². The van der Waals surface area contributed by atoms with Gasteiger partial charge in [-0.25, -0.2) is 0 Å². The van der Waals surface area contributed by atoms with E-state index in [2.05, 4.69) is 5.32 Å². The van der Waals surface area contributed by atoms with E-state index in [0.717, 1.165) is 0 Å². The summed E-state index contributed by atoms with van der Waals surface area (Å²) in [5.41, 5.74) is 0.482. The number of non-ortho nitro benzene ring substituents is 1. The molecule has 2 atom stereocenters. The first-order chi connectivity index (χ1) is 8.49. The van der Waals surface area contributed by atoms with Crippen LogP contribution in [0.4, 0.5) is 5.69 Å². The first-order valence-corrected chi connectivity index (χ1v) is 6.46. The summed E-state index contributed by atoms with van der Waals surface area (Å²) in [4.78, 5) is 21.0. The summed E-state index contributed by atoms with van der Waals surface area (Å²) < 4.78 is 0. The van der Waals surface area contributed by atoms with Gasteiger partial charge < -0.3 is 5.11 Å². The van der Waals surface area contributed by atoms with Gasteiger partial charge in [0.1, 0.15) is 6.04 Å². The summed E-state index contributed by atoms with van der Waals surface area (Å²) in [5.74, 6) is -0.537. The molecule has 0 unspecified atom stereocenters. The smallest absolute Gasteiger partial charge is 0.321 e. The van der Waals surface area contributed by atoms with Crippen LogP contribution in [-0.2, 0) is 4.79 Å². The zero-order valence-electron chi connectivity index (χ0n) is 9.00. The van der Waals surface area contributed by atoms with Gasteiger partial charge in [-0.3, -0.25) is 20.2 Å². The number of nitrogens with one attached hydrogen (secondary N) is 1. The Bertz CT molecular complexity index is 511. The molecule has 1 aromatic rings. The first kappa shape index (κ1) is 13.1. The molecule has 0 amide bonds. The number of nitro benzene ring substituents is 1. The van der Waals surface area contributed by atoms with Crippen LogP contribution in [0.1, 0.15) is 10.9 Å². The number of carbonyl (C=O) groups is 1. The number of halogens is 1. The Morgan fingerprint density at radius 1 is 1.61 bits per heavy atom. The number of carboxylic acid groups (broad SMARTS) is 1. The largest absolute Gasteiger partial charge is 0.480 e. The zero-order chi connectivity index (χ0) is 13.3. The molecule has 96 valence electrons. The van der Waals surface area contributed by atoms with Crippen molar-refractivity contribution in [1.29, 1.82) is 0 Å². The Balaban J connectivity index is 2.26. The van der Waals surface area contributed by atoms with Crippen LogP contribution in [0.3, 0.4) is 0 Å². The van der Waals surface area contributed by atoms with Crippen LogP contribution in [0.15, 0.2) is 18.2 Å². The zero-order valence-corrected chi connectivity index (χ0v) is 10.6. The molecule has 2 N–H and O–H groups in total. The highest BCUT2D eigenvalue weighted by Gasteiger charge is 2.32. The van der Waals surface area contributed by atoms with Crippen molar-refractivity contribution in [2.45, 2.75) is 11.4 Å². The summed E-state index contributed by atoms with van der Waals surface area (Å²) in [7, 11) is 0. The molecule has 0 spiro atoms. The van der Waals surface area contributed by atoms with E-state index < -0.39 is 16.9 Å². The van der Waals surface area contributed by atoms with E-state index in [0.29, 0.717) is 16.3 Å². The van der Waals surface area contributed by atoms with Crippen LogP contribution in [0.25, 0.3) is 0 Å². The lowest BCUT2D eigenvalue weighted by atomic mass is 10.2. The molecule has 8 heteroatoms. The van der Waals surface area contributed by atoms with Crippen molar-refractivity contribution in [2.75, 3.05) is 5.75 Å². The molecule has 18 heavy (non-hydrogen) atoms. The van der Waals surface area contributed by atoms with Crippen LogP contribution in [0, 0.1) is 10.1 Å². The Morgan fingerprint density at radius 3 is 2.89 bits per heavy atom. The van der Waals surface area contributed by atoms with Gasteiger partial charge in [0.15, 0.2) is 0 Å². The highest BCUT2D eigenvalue weighted by molar-refractivity contribution is 7.99. The Labute approximate surface area is 111 Å². The minimum atomic E-state index is -0.938. The fraction of sp³-hybridized carbons (Fsp3) is 0.300. The third-order valence-electron chi connectivity index (χ3n) is 2.55. The molecular formula is C10H9ClN2O4S. The molecule has 0 aromatic heterocycles. The molecule has 1 heterocycles. The first-order valence-electron chi connectivity index (χ1n) is 5.03. The molecule has 0 aliphatic carbocycles. The minimum absolute atomic E-state index is 0.0597. The lowest BCUT2D eigenvalue weighted by Gasteiger charge is -2.12. The second-order valence-corrected chi connectivity index (χ2v) is 5.28. The summed E-state index contributed by atoms with van der Waals surface area (Å²) in [5, 5.41) is 22.5. The van der Waals surface area contributed by atoms with Crippen molar-refractivity contribution in [3.8, 4) is 0 Å². The number of aliphatic carboxylic acids is 1. The van der Waals surface area contributed by atoms with Gasteiger partial charge in [0.05, 0.1) is 10.3 Å². The molecule has 6 nitrogen and oxygen atoms in total. The molecule has 1 aliphatic rings. The topological polar surface area (TPSA) is 92.5 Å². The number of nitro groups is 1. The SMILES string of the molecule is O=C(O)[C@@H]1CS[C@@H](c2cc([N+](=O)[O-])ccc2Cl)N1. The number of hydrogen-bond acceptors (Lipinski definition) is 5. The van der Waals surface area contributed by atoms with Crippen molar-refractivity contribution in [3.63, 3.8) is 0 Å². The maximum Gasteiger partial charge on any atom is 0.321 e. The maximum atomic E-state index is 10.8. The highest BCUT2D eigenvalue weighted by atomic mass is 35.5. The van der Waals surface area contributed by atoms with Crippen LogP contribution in [0.2, 0.25) is 5.02 Å². The van der Waals surface area contributed by atoms with Gasteiger partial charge >= 0.3 is 5.97 Å². The predicted molar refractivity (Wildman–Crippen MR) is 67.9 cm³/mol. The van der Waals surface area contributed by atoms with Crippen molar-refractivity contribution < 1.29 is 14.8 Å². The van der Waals surface area contributed by atoms with Crippen molar-refractivity contribution >= 4 is 35.0 Å². The van der Waals surface area contributed by atoms with Gasteiger partial charge in [0.2, 0.25) is 0 Å². The quantitative estimate of drug-likeness (QED) is 0.653. The molecule has 0 saturated carbocycles. The van der Waals surface area contributed by atoms with Crippen LogP contribution >= 0.6 is 23.4 Å². The number of rotatable bonds is 3. The van der Waals surface area contributed by atoms with Gasteiger partial charge in [-0.05, 0) is 6.07 Å². The standard InChI is InChI=1S/C10H9ClN2O4S/c11-7-2-1-5(13(16)17)3-6(7)9-12-8(4-18-9)10(14)15/h1-3,8-9,12H,4H2,(H,14,15)/t8-,9-/m0/s1. The normalized spacial score (nSPS) is 22.9. The number of thioether (sulfide) groups is 1. The van der Waals surface area contributed by atoms with Crippen molar-refractivity contribution in [3.05, 3.63) is 38.9 Å². The fourth-order valence-electron chi connectivity index (χ4n) is 1.64. The molecule has 1 aliphatic heterocycles. The maximum absolute atomic E-state index is 10.8. The predicted octanol–water partition coefficient (Wildman–Crippen LogP) is 2.04. The van der Waals surface area contributed by atoms with E-state index in [-0.39, 0.29) is 11.1 Å². The number of carboxylic acids is 1. The summed E-state index contributed by atoms with van der Waals surface area (Å²) >= 11 is 7.35. The average Bonchev–Trinajstić information content (AvgIpc) is 2.78. The summed E-state index contributed by atoms with van der Waals surface area (Å²) in [6, 6.07) is 3.48. The monoisotopic (exact) mass is 288 g/mol. The molecule has 0 radical (unpaired) electrons. The van der Waals surface area contributed by atoms with Crippen molar-refractivity contribution in [2.24, 2.45) is 0 Å². The van der Waals surface area contributed by atoms with Crippen LogP contribution < -0.4 is 5.32 Å². The molecule has 2 rings (SSSR count). The summed E-state index contributed by atoms with van der Waals surface area (Å²) in [6.07, 6.45) is 0. The molecular weight excluding hydrogens is 280 g/mol. The Morgan fingerprint density at radius 2 is 2.33 bits per heavy atom. The highest BCUT2D eigenvalue weighted by Crippen LogP contribution is 2.38. The van der Waals surface area contributed by atoms with Gasteiger partial charge in [0, 0.05) is 28.5 Å². The fourth-order valence-corrected chi connectivity index (χ4v) is 3.19. The Kier molecular flexibility index (Phi) is 3.74. The third kappa shape index (κ3) is 2.58. The van der Waals surface area contributed by atoms with E-state index in [4.69, 9.17) is 16.7 Å². The van der Waals surface area contributed by atoms with Crippen LogP contribution in [-0.4, -0.2) is 27.8 Å². The van der Waals surface area contributed by atoms with Crippen LogP contribution in [0.5, 0.6) is 0 Å². The average molecular weight is 289 g/mol. The molecule has 1 fully saturated rings. The minimum Gasteiger partial charge on any atom is -0.480 e. The van der Waals surface area contributed by atoms with E-state index in [1.54, 1.807) is 0 Å². The van der Waals surface area contributed by atoms with E-state index in [1.165, 1.54) is 30.0 Å².